The van der Waals surface area contributed by atoms with Crippen molar-refractivity contribution in [2.24, 2.45) is 0 Å². The number of carboxylic acid groups (broad SMARTS) is 1. The number of thiophene rings is 1. The van der Waals surface area contributed by atoms with Crippen LogP contribution in [0, 0.1) is 13.8 Å². The van der Waals surface area contributed by atoms with E-state index in [2.05, 4.69) is 10.5 Å². The van der Waals surface area contributed by atoms with Gasteiger partial charge in [0.2, 0.25) is 0 Å². The van der Waals surface area contributed by atoms with Gasteiger partial charge in [-0.3, -0.25) is 14.4 Å². The highest BCUT2D eigenvalue weighted by atomic mass is 35.5. The minimum absolute atomic E-state index is 0.0703. The highest BCUT2D eigenvalue weighted by molar-refractivity contribution is 7.99. The lowest BCUT2D eigenvalue weighted by Crippen LogP contribution is -2.43. The van der Waals surface area contributed by atoms with Crippen LogP contribution in [0.1, 0.15) is 50.0 Å². The fourth-order valence-electron chi connectivity index (χ4n) is 3.56. The van der Waals surface area contributed by atoms with Gasteiger partial charge in [0, 0.05) is 21.2 Å². The van der Waals surface area contributed by atoms with Crippen LogP contribution in [0.3, 0.4) is 0 Å². The molecule has 10 heteroatoms. The topological polar surface area (TPSA) is 110 Å². The number of Topliss-reactive ketones (excluding diaryl/α,β-unsaturated/α-hetero) is 1. The van der Waals surface area contributed by atoms with Crippen LogP contribution in [-0.2, 0) is 28.2 Å². The van der Waals surface area contributed by atoms with E-state index in [0.717, 1.165) is 46.7 Å². The third kappa shape index (κ3) is 7.95. The van der Waals surface area contributed by atoms with Gasteiger partial charge >= 0.3 is 5.97 Å². The van der Waals surface area contributed by atoms with Crippen LogP contribution in [0.25, 0.3) is 0 Å². The summed E-state index contributed by atoms with van der Waals surface area (Å²) < 4.78 is 5.19. The minimum Gasteiger partial charge on any atom is -0.481 e. The molecule has 0 radical (unpaired) electrons. The van der Waals surface area contributed by atoms with Gasteiger partial charge in [-0.2, -0.15) is 0 Å². The zero-order valence-corrected chi connectivity index (χ0v) is 21.9. The number of hydrogen-bond donors (Lipinski definition) is 2. The van der Waals surface area contributed by atoms with E-state index in [1.54, 1.807) is 12.1 Å². The molecule has 0 saturated heterocycles. The Labute approximate surface area is 217 Å². The predicted octanol–water partition coefficient (Wildman–Crippen LogP) is 5.26. The number of nitrogens with one attached hydrogen (secondary N) is 1. The second-order valence-corrected chi connectivity index (χ2v) is 10.7. The molecule has 0 aliphatic heterocycles. The molecule has 1 aromatic carbocycles. The van der Waals surface area contributed by atoms with E-state index in [1.165, 1.54) is 23.1 Å². The number of aryl methyl sites for hydroxylation is 3. The van der Waals surface area contributed by atoms with Gasteiger partial charge in [-0.05, 0) is 56.9 Å². The van der Waals surface area contributed by atoms with Gasteiger partial charge in [0.15, 0.2) is 5.78 Å². The minimum atomic E-state index is -1.15. The predicted molar refractivity (Wildman–Crippen MR) is 138 cm³/mol. The van der Waals surface area contributed by atoms with Gasteiger partial charge in [0.05, 0.1) is 28.8 Å². The van der Waals surface area contributed by atoms with Gasteiger partial charge in [-0.25, -0.2) is 0 Å². The summed E-state index contributed by atoms with van der Waals surface area (Å²) in [6.07, 6.45) is 2.04. The molecule has 1 unspecified atom stereocenters. The Morgan fingerprint density at radius 2 is 1.94 bits per heavy atom. The zero-order chi connectivity index (χ0) is 25.4. The first kappa shape index (κ1) is 27.0. The molecular formula is C25H27ClN2O5S2. The molecule has 0 aliphatic rings. The van der Waals surface area contributed by atoms with Crippen molar-refractivity contribution in [1.82, 2.24) is 10.5 Å². The monoisotopic (exact) mass is 534 g/mol. The van der Waals surface area contributed by atoms with Gasteiger partial charge in [0.25, 0.3) is 5.91 Å². The maximum absolute atomic E-state index is 12.8. The third-order valence-electron chi connectivity index (χ3n) is 5.45. The molecule has 2 heterocycles. The van der Waals surface area contributed by atoms with E-state index >= 15 is 0 Å². The molecule has 0 saturated carbocycles. The average molecular weight is 535 g/mol. The van der Waals surface area contributed by atoms with Gasteiger partial charge in [-0.1, -0.05) is 35.0 Å². The van der Waals surface area contributed by atoms with Gasteiger partial charge in [0.1, 0.15) is 5.76 Å². The molecule has 7 nitrogen and oxygen atoms in total. The summed E-state index contributed by atoms with van der Waals surface area (Å²) in [5, 5.41) is 16.4. The van der Waals surface area contributed by atoms with E-state index in [-0.39, 0.29) is 11.5 Å². The number of aromatic nitrogens is 1. The molecule has 0 bridgehead atoms. The van der Waals surface area contributed by atoms with Crippen molar-refractivity contribution in [1.29, 1.82) is 0 Å². The molecule has 0 fully saturated rings. The number of amides is 1. The smallest absolute Gasteiger partial charge is 0.305 e. The van der Waals surface area contributed by atoms with Crippen molar-refractivity contribution in [2.45, 2.75) is 51.3 Å². The first-order valence-corrected chi connectivity index (χ1v) is 13.5. The molecule has 3 aromatic rings. The highest BCUT2D eigenvalue weighted by Crippen LogP contribution is 2.23. The fourth-order valence-corrected chi connectivity index (χ4v) is 5.77. The number of rotatable bonds is 13. The Morgan fingerprint density at radius 1 is 1.17 bits per heavy atom. The van der Waals surface area contributed by atoms with Crippen LogP contribution in [0.15, 0.2) is 40.9 Å². The lowest BCUT2D eigenvalue weighted by Gasteiger charge is -2.15. The number of hydrogen-bond acceptors (Lipinski definition) is 7. The Balaban J connectivity index is 1.52. The van der Waals surface area contributed by atoms with Crippen molar-refractivity contribution in [3.8, 4) is 0 Å². The second-order valence-electron chi connectivity index (χ2n) is 8.10. The van der Waals surface area contributed by atoms with Crippen molar-refractivity contribution in [3.63, 3.8) is 0 Å². The summed E-state index contributed by atoms with van der Waals surface area (Å²) in [7, 11) is 0. The van der Waals surface area contributed by atoms with E-state index < -0.39 is 24.3 Å². The molecule has 35 heavy (non-hydrogen) atoms. The number of carbonyl (C=O) groups excluding carboxylic acids is 2. The molecular weight excluding hydrogens is 508 g/mol. The van der Waals surface area contributed by atoms with E-state index in [9.17, 15) is 19.5 Å². The maximum Gasteiger partial charge on any atom is 0.305 e. The zero-order valence-electron chi connectivity index (χ0n) is 19.5. The molecule has 1 atom stereocenters. The molecule has 2 N–H and O–H groups in total. The number of benzene rings is 1. The van der Waals surface area contributed by atoms with Crippen LogP contribution in [0.4, 0.5) is 0 Å². The lowest BCUT2D eigenvalue weighted by atomic mass is 10.1. The van der Waals surface area contributed by atoms with Crippen LogP contribution in [-0.4, -0.2) is 39.7 Å². The average Bonchev–Trinajstić information content (AvgIpc) is 3.41. The van der Waals surface area contributed by atoms with Gasteiger partial charge < -0.3 is 14.9 Å². The molecule has 186 valence electrons. The first-order valence-electron chi connectivity index (χ1n) is 11.1. The molecule has 0 spiro atoms. The summed E-state index contributed by atoms with van der Waals surface area (Å²) >= 11 is 8.82. The quantitative estimate of drug-likeness (QED) is 0.308. The first-order chi connectivity index (χ1) is 16.7. The van der Waals surface area contributed by atoms with Crippen LogP contribution >= 0.6 is 34.7 Å². The fraction of sp³-hybridized carbons (Fsp3) is 0.360. The summed E-state index contributed by atoms with van der Waals surface area (Å²) in [5.74, 6) is -0.516. The molecule has 3 rings (SSSR count). The van der Waals surface area contributed by atoms with Crippen LogP contribution in [0.5, 0.6) is 0 Å². The van der Waals surface area contributed by atoms with Crippen molar-refractivity contribution < 1.29 is 24.0 Å². The Hall–Kier alpha value is -2.62. The number of nitrogens with zero attached hydrogens (tertiary/aromatic N) is 1. The Kier molecular flexibility index (Phi) is 9.94. The Bertz CT molecular complexity index is 1170. The molecule has 0 aliphatic carbocycles. The number of thioether (sulfide) groups is 1. The van der Waals surface area contributed by atoms with Crippen LogP contribution < -0.4 is 5.32 Å². The van der Waals surface area contributed by atoms with E-state index in [1.807, 2.05) is 38.1 Å². The summed E-state index contributed by atoms with van der Waals surface area (Å²) in [6.45, 7) is 3.82. The Morgan fingerprint density at radius 3 is 2.63 bits per heavy atom. The molecule has 1 amide bonds. The van der Waals surface area contributed by atoms with Crippen molar-refractivity contribution in [3.05, 3.63) is 73.8 Å². The summed E-state index contributed by atoms with van der Waals surface area (Å²) in [4.78, 5) is 38.2. The maximum atomic E-state index is 12.8. The summed E-state index contributed by atoms with van der Waals surface area (Å²) in [5.41, 5.74) is 2.90. The number of halogens is 1. The molecule has 2 aromatic heterocycles. The number of ketones is 1. The van der Waals surface area contributed by atoms with E-state index in [4.69, 9.17) is 16.1 Å². The normalized spacial score (nSPS) is 11.9. The van der Waals surface area contributed by atoms with Gasteiger partial charge in [-0.15, -0.1) is 23.1 Å². The number of carbonyl (C=O) groups is 3. The van der Waals surface area contributed by atoms with E-state index in [0.29, 0.717) is 15.7 Å². The highest BCUT2D eigenvalue weighted by Gasteiger charge is 2.25. The SMILES string of the molecule is Cc1noc(C)c1CCCc1ccc(C(=O)NC(CC(=O)O)C(=O)CSCc2ccccc2Cl)s1. The lowest BCUT2D eigenvalue weighted by molar-refractivity contribution is -0.139. The largest absolute Gasteiger partial charge is 0.481 e. The summed E-state index contributed by atoms with van der Waals surface area (Å²) in [6, 6.07) is 9.85. The van der Waals surface area contributed by atoms with Crippen LogP contribution in [0.2, 0.25) is 5.02 Å². The number of aliphatic carboxylic acids is 1. The second kappa shape index (κ2) is 12.9. The standard InChI is InChI=1S/C25H27ClN2O5S2/c1-15-19(16(2)33-28-15)8-5-7-18-10-11-23(35-18)25(32)27-21(12-24(30)31)22(29)14-34-13-17-6-3-4-9-20(17)26/h3-4,6,9-11,21H,5,7-8,12-14H2,1-2H3,(H,27,32)(H,30,31). The van der Waals surface area contributed by atoms with Crippen molar-refractivity contribution >= 4 is 52.4 Å². The van der Waals surface area contributed by atoms with Crippen molar-refractivity contribution in [2.75, 3.05) is 5.75 Å². The third-order valence-corrected chi connectivity index (χ3v) is 7.97. The number of carboxylic acids is 1.